The zero-order valence-corrected chi connectivity index (χ0v) is 21.7. The summed E-state index contributed by atoms with van der Waals surface area (Å²) in [5.74, 6) is 0.603. The van der Waals surface area contributed by atoms with Crippen LogP contribution in [0.2, 0.25) is 0 Å². The predicted octanol–water partition coefficient (Wildman–Crippen LogP) is 3.87. The third-order valence-corrected chi connectivity index (χ3v) is 7.60. The van der Waals surface area contributed by atoms with E-state index >= 15 is 0 Å². The summed E-state index contributed by atoms with van der Waals surface area (Å²) >= 11 is 0. The Hall–Kier alpha value is -3.66. The number of hydrogen-bond donors (Lipinski definition) is 2. The largest absolute Gasteiger partial charge is 0.494 e. The Morgan fingerprint density at radius 2 is 1.92 bits per heavy atom. The molecule has 36 heavy (non-hydrogen) atoms. The summed E-state index contributed by atoms with van der Waals surface area (Å²) in [5, 5.41) is 0. The van der Waals surface area contributed by atoms with Crippen LogP contribution in [0.15, 0.2) is 59.6 Å². The molecule has 0 spiro atoms. The van der Waals surface area contributed by atoms with Gasteiger partial charge in [-0.2, -0.15) is 0 Å². The van der Waals surface area contributed by atoms with Crippen LogP contribution in [0, 0.1) is 5.92 Å². The molecular formula is C26H31N5O4S. The molecule has 3 aromatic rings. The number of benzene rings is 1. The molecule has 0 saturated carbocycles. The smallest absolute Gasteiger partial charge is 0.268 e. The molecule has 0 aliphatic carbocycles. The van der Waals surface area contributed by atoms with Crippen LogP contribution < -0.4 is 20.1 Å². The van der Waals surface area contributed by atoms with Crippen LogP contribution in [-0.4, -0.2) is 43.0 Å². The summed E-state index contributed by atoms with van der Waals surface area (Å²) in [6, 6.07) is 13.6. The Morgan fingerprint density at radius 1 is 1.19 bits per heavy atom. The summed E-state index contributed by atoms with van der Waals surface area (Å²) < 4.78 is 33.5. The molecule has 3 heterocycles. The first-order chi connectivity index (χ1) is 17.0. The van der Waals surface area contributed by atoms with Gasteiger partial charge in [0.25, 0.3) is 15.9 Å². The van der Waals surface area contributed by atoms with Crippen LogP contribution in [0.5, 0.6) is 5.75 Å². The number of nitrogens with one attached hydrogen (secondary N) is 1. The maximum atomic E-state index is 13.3. The number of amides is 1. The van der Waals surface area contributed by atoms with Crippen LogP contribution in [-0.2, 0) is 10.0 Å². The van der Waals surface area contributed by atoms with E-state index in [4.69, 9.17) is 15.5 Å². The van der Waals surface area contributed by atoms with Crippen molar-refractivity contribution in [3.8, 4) is 17.0 Å². The maximum absolute atomic E-state index is 13.3. The number of rotatable bonds is 7. The van der Waals surface area contributed by atoms with Crippen molar-refractivity contribution in [3.63, 3.8) is 0 Å². The van der Waals surface area contributed by atoms with Gasteiger partial charge in [-0.25, -0.2) is 23.1 Å². The molecule has 0 bridgehead atoms. The van der Waals surface area contributed by atoms with Gasteiger partial charge in [0.05, 0.1) is 17.9 Å². The molecule has 1 aliphatic rings. The van der Waals surface area contributed by atoms with E-state index in [0.717, 1.165) is 17.7 Å². The van der Waals surface area contributed by atoms with Gasteiger partial charge in [0.2, 0.25) is 0 Å². The third-order valence-electron chi connectivity index (χ3n) is 6.23. The zero-order valence-electron chi connectivity index (χ0n) is 20.9. The van der Waals surface area contributed by atoms with Gasteiger partial charge in [0.15, 0.2) is 0 Å². The normalized spacial score (nSPS) is 17.1. The van der Waals surface area contributed by atoms with Crippen molar-refractivity contribution in [2.75, 3.05) is 23.8 Å². The van der Waals surface area contributed by atoms with E-state index in [1.807, 2.05) is 31.2 Å². The van der Waals surface area contributed by atoms with Crippen molar-refractivity contribution in [2.45, 2.75) is 44.6 Å². The van der Waals surface area contributed by atoms with Crippen molar-refractivity contribution >= 4 is 27.6 Å². The molecular weight excluding hydrogens is 478 g/mol. The molecule has 3 N–H and O–H groups in total. The number of hydrogen-bond acceptors (Lipinski definition) is 8. The van der Waals surface area contributed by atoms with Gasteiger partial charge in [-0.05, 0) is 81.6 Å². The molecule has 1 aromatic carbocycles. The fourth-order valence-corrected chi connectivity index (χ4v) is 5.75. The number of carbonyl (C=O) groups excluding carboxylic acids is 1. The van der Waals surface area contributed by atoms with Gasteiger partial charge in [0, 0.05) is 23.8 Å². The second kappa shape index (κ2) is 9.77. The van der Waals surface area contributed by atoms with Crippen molar-refractivity contribution in [1.29, 1.82) is 0 Å². The lowest BCUT2D eigenvalue weighted by molar-refractivity contribution is 0.0981. The molecule has 1 atom stereocenters. The maximum Gasteiger partial charge on any atom is 0.268 e. The van der Waals surface area contributed by atoms with Gasteiger partial charge in [-0.3, -0.25) is 4.79 Å². The summed E-state index contributed by atoms with van der Waals surface area (Å²) in [5.41, 5.74) is 7.16. The number of nitrogens with two attached hydrogens (primary N) is 1. The van der Waals surface area contributed by atoms with Crippen molar-refractivity contribution < 1.29 is 17.9 Å². The molecule has 0 radical (unpaired) electrons. The molecule has 2 aromatic heterocycles. The van der Waals surface area contributed by atoms with Gasteiger partial charge >= 0.3 is 0 Å². The minimum Gasteiger partial charge on any atom is -0.494 e. The highest BCUT2D eigenvalue weighted by molar-refractivity contribution is 7.90. The predicted molar refractivity (Wildman–Crippen MR) is 139 cm³/mol. The highest BCUT2D eigenvalue weighted by atomic mass is 32.2. The number of carbonyl (C=O) groups is 1. The van der Waals surface area contributed by atoms with Crippen molar-refractivity contribution in [1.82, 2.24) is 14.7 Å². The monoisotopic (exact) mass is 509 g/mol. The topological polar surface area (TPSA) is 128 Å². The van der Waals surface area contributed by atoms with Crippen LogP contribution in [0.4, 0.5) is 11.6 Å². The Kier molecular flexibility index (Phi) is 6.90. The molecule has 1 saturated heterocycles. The molecule has 190 valence electrons. The second-order valence-electron chi connectivity index (χ2n) is 9.58. The average Bonchev–Trinajstić information content (AvgIpc) is 3.11. The van der Waals surface area contributed by atoms with E-state index < -0.39 is 15.9 Å². The van der Waals surface area contributed by atoms with Gasteiger partial charge in [-0.15, -0.1) is 0 Å². The Morgan fingerprint density at radius 3 is 2.53 bits per heavy atom. The first-order valence-corrected chi connectivity index (χ1v) is 13.3. The first kappa shape index (κ1) is 25.4. The second-order valence-corrected chi connectivity index (χ2v) is 11.2. The molecule has 9 nitrogen and oxygen atoms in total. The summed E-state index contributed by atoms with van der Waals surface area (Å²) in [4.78, 5) is 23.8. The van der Waals surface area contributed by atoms with E-state index in [0.29, 0.717) is 30.6 Å². The third kappa shape index (κ3) is 5.13. The fourth-order valence-electron chi connectivity index (χ4n) is 4.70. The van der Waals surface area contributed by atoms with Gasteiger partial charge < -0.3 is 15.4 Å². The zero-order chi connectivity index (χ0) is 26.1. The molecule has 4 rings (SSSR count). The number of anilines is 2. The molecule has 1 fully saturated rings. The fraction of sp³-hybridized carbons (Fsp3) is 0.346. The van der Waals surface area contributed by atoms with Crippen LogP contribution in [0.3, 0.4) is 0 Å². The van der Waals surface area contributed by atoms with Crippen molar-refractivity contribution in [3.05, 3.63) is 60.3 Å². The average molecular weight is 510 g/mol. The van der Waals surface area contributed by atoms with Crippen LogP contribution >= 0.6 is 0 Å². The minimum absolute atomic E-state index is 0.165. The Balaban J connectivity index is 1.75. The summed E-state index contributed by atoms with van der Waals surface area (Å²) in [6.45, 7) is 9.52. The molecule has 1 amide bonds. The van der Waals surface area contributed by atoms with E-state index in [9.17, 15) is 13.2 Å². The van der Waals surface area contributed by atoms with Crippen LogP contribution in [0.25, 0.3) is 11.3 Å². The molecule has 0 unspecified atom stereocenters. The standard InChI is InChI=1S/C26H31N5O4S/c1-5-35-19-10-8-18(9-11-19)21-13-12-20(24(29-21)31-16-17(2)15-26(31,3)4)25(32)30-36(33,34)22-7-6-14-28-23(22)27/h6-14,17H,5,15-16H2,1-4H3,(H2,27,28)(H,30,32)/t17-/m0/s1. The minimum atomic E-state index is -4.24. The van der Waals surface area contributed by atoms with Gasteiger partial charge in [0.1, 0.15) is 22.3 Å². The molecule has 10 heteroatoms. The van der Waals surface area contributed by atoms with E-state index in [1.54, 1.807) is 12.1 Å². The molecule has 1 aliphatic heterocycles. The highest BCUT2D eigenvalue weighted by Crippen LogP contribution is 2.38. The van der Waals surface area contributed by atoms with E-state index in [1.165, 1.54) is 18.3 Å². The number of nitrogen functional groups attached to an aromatic ring is 1. The lowest BCUT2D eigenvalue weighted by Gasteiger charge is -2.34. The quantitative estimate of drug-likeness (QED) is 0.491. The van der Waals surface area contributed by atoms with Crippen LogP contribution in [0.1, 0.15) is 44.5 Å². The SMILES string of the molecule is CCOc1ccc(-c2ccc(C(=O)NS(=O)(=O)c3cccnc3N)c(N3C[C@@H](C)CC3(C)C)n2)cc1. The summed E-state index contributed by atoms with van der Waals surface area (Å²) in [6.07, 6.45) is 2.29. The Labute approximate surface area is 211 Å². The van der Waals surface area contributed by atoms with Gasteiger partial charge in [-0.1, -0.05) is 6.92 Å². The van der Waals surface area contributed by atoms with E-state index in [-0.39, 0.29) is 21.8 Å². The Bertz CT molecular complexity index is 1370. The number of nitrogens with zero attached hydrogens (tertiary/aromatic N) is 3. The number of ether oxygens (including phenoxy) is 1. The number of sulfonamides is 1. The lowest BCUT2D eigenvalue weighted by Crippen LogP contribution is -2.41. The van der Waals surface area contributed by atoms with Crippen molar-refractivity contribution in [2.24, 2.45) is 5.92 Å². The highest BCUT2D eigenvalue weighted by Gasteiger charge is 2.39. The van der Waals surface area contributed by atoms with E-state index in [2.05, 4.69) is 35.4 Å². The first-order valence-electron chi connectivity index (χ1n) is 11.8. The summed E-state index contributed by atoms with van der Waals surface area (Å²) in [7, 11) is -4.24. The number of aromatic nitrogens is 2. The number of pyridine rings is 2. The lowest BCUT2D eigenvalue weighted by atomic mass is 9.97.